The molecule has 134 valence electrons. The van der Waals surface area contributed by atoms with E-state index in [0.717, 1.165) is 22.5 Å². The van der Waals surface area contributed by atoms with Gasteiger partial charge in [0.15, 0.2) is 0 Å². The van der Waals surface area contributed by atoms with Gasteiger partial charge in [0.25, 0.3) is 0 Å². The van der Waals surface area contributed by atoms with E-state index in [-0.39, 0.29) is 35.8 Å². The molecule has 0 heterocycles. The van der Waals surface area contributed by atoms with Gasteiger partial charge in [-0.05, 0) is 30.5 Å². The average Bonchev–Trinajstić information content (AvgIpc) is 2.43. The monoisotopic (exact) mass is 374 g/mol. The van der Waals surface area contributed by atoms with Gasteiger partial charge in [-0.15, -0.1) is 12.4 Å². The summed E-state index contributed by atoms with van der Waals surface area (Å²) in [5.41, 5.74) is 4.87. The second-order valence-electron chi connectivity index (χ2n) is 5.55. The van der Waals surface area contributed by atoms with Crippen LogP contribution in [0.15, 0.2) is 29.2 Å². The predicted molar refractivity (Wildman–Crippen MR) is 85.9 cm³/mol. The van der Waals surface area contributed by atoms with Crippen LogP contribution in [0, 0.1) is 5.92 Å². The van der Waals surface area contributed by atoms with E-state index in [2.05, 4.69) is 0 Å². The van der Waals surface area contributed by atoms with Gasteiger partial charge in [-0.25, -0.2) is 12.7 Å². The second kappa shape index (κ2) is 8.32. The van der Waals surface area contributed by atoms with Gasteiger partial charge in [0, 0.05) is 19.6 Å². The Balaban J connectivity index is 0.00000484. The summed E-state index contributed by atoms with van der Waals surface area (Å²) in [5, 5.41) is 0. The van der Waals surface area contributed by atoms with E-state index >= 15 is 0 Å². The Hall–Kier alpha value is -0.830. The zero-order valence-corrected chi connectivity index (χ0v) is 14.8. The van der Waals surface area contributed by atoms with E-state index in [1.54, 1.807) is 0 Å². The Kier molecular flexibility index (Phi) is 8.02. The maximum absolute atomic E-state index is 12.7. The molecule has 1 aromatic rings. The highest BCUT2D eigenvalue weighted by Crippen LogP contribution is 2.31. The van der Waals surface area contributed by atoms with Crippen molar-refractivity contribution in [1.82, 2.24) is 4.31 Å². The molecular weight excluding hydrogens is 353 g/mol. The van der Waals surface area contributed by atoms with Crippen molar-refractivity contribution in [2.75, 3.05) is 13.6 Å². The van der Waals surface area contributed by atoms with Gasteiger partial charge in [0.1, 0.15) is 0 Å². The molecule has 0 bridgehead atoms. The fourth-order valence-corrected chi connectivity index (χ4v) is 3.03. The molecule has 2 N–H and O–H groups in total. The molecule has 1 unspecified atom stereocenters. The van der Waals surface area contributed by atoms with E-state index in [4.69, 9.17) is 5.73 Å². The first-order valence-electron chi connectivity index (χ1n) is 6.85. The Morgan fingerprint density at radius 2 is 1.83 bits per heavy atom. The Morgan fingerprint density at radius 1 is 1.26 bits per heavy atom. The summed E-state index contributed by atoms with van der Waals surface area (Å²) >= 11 is 0. The van der Waals surface area contributed by atoms with Crippen molar-refractivity contribution in [3.8, 4) is 0 Å². The van der Waals surface area contributed by atoms with Crippen LogP contribution in [0.1, 0.15) is 25.8 Å². The van der Waals surface area contributed by atoms with Gasteiger partial charge in [-0.3, -0.25) is 0 Å². The third-order valence-corrected chi connectivity index (χ3v) is 5.36. The van der Waals surface area contributed by atoms with Gasteiger partial charge < -0.3 is 5.73 Å². The molecule has 0 aliphatic heterocycles. The molecule has 0 aliphatic rings. The summed E-state index contributed by atoms with van der Waals surface area (Å²) in [5.74, 6) is 0.199. The Labute approximate surface area is 141 Å². The smallest absolute Gasteiger partial charge is 0.327 e. The van der Waals surface area contributed by atoms with Crippen molar-refractivity contribution in [1.29, 1.82) is 0 Å². The normalized spacial score (nSPS) is 14.0. The minimum atomic E-state index is -4.58. The number of hydrogen-bond acceptors (Lipinski definition) is 3. The van der Waals surface area contributed by atoms with Gasteiger partial charge in [0.2, 0.25) is 10.0 Å². The van der Waals surface area contributed by atoms with Crippen LogP contribution in [-0.4, -0.2) is 32.4 Å². The molecule has 0 aromatic heterocycles. The SMILES string of the molecule is CC(C)C(N)CCN(C)S(=O)(=O)c1cccc(C(F)(F)F)c1.Cl. The van der Waals surface area contributed by atoms with Crippen LogP contribution in [0.5, 0.6) is 0 Å². The van der Waals surface area contributed by atoms with Crippen molar-refractivity contribution in [3.63, 3.8) is 0 Å². The van der Waals surface area contributed by atoms with E-state index < -0.39 is 21.8 Å². The van der Waals surface area contributed by atoms with E-state index in [0.29, 0.717) is 12.5 Å². The van der Waals surface area contributed by atoms with Crippen LogP contribution < -0.4 is 5.73 Å². The summed E-state index contributed by atoms with van der Waals surface area (Å²) in [6.45, 7) is 4.00. The highest BCUT2D eigenvalue weighted by molar-refractivity contribution is 7.89. The lowest BCUT2D eigenvalue weighted by atomic mass is 10.0. The van der Waals surface area contributed by atoms with Crippen LogP contribution >= 0.6 is 12.4 Å². The van der Waals surface area contributed by atoms with E-state index in [1.165, 1.54) is 7.05 Å². The van der Waals surface area contributed by atoms with Gasteiger partial charge in [-0.1, -0.05) is 19.9 Å². The number of nitrogens with zero attached hydrogens (tertiary/aromatic N) is 1. The molecular formula is C14H22ClF3N2O2S. The van der Waals surface area contributed by atoms with Crippen LogP contribution in [0.3, 0.4) is 0 Å². The van der Waals surface area contributed by atoms with Gasteiger partial charge in [0.05, 0.1) is 10.5 Å². The Bertz CT molecular complexity index is 606. The van der Waals surface area contributed by atoms with Crippen LogP contribution in [-0.2, 0) is 16.2 Å². The minimum Gasteiger partial charge on any atom is -0.327 e. The first-order chi connectivity index (χ1) is 9.96. The molecule has 1 aromatic carbocycles. The summed E-state index contributed by atoms with van der Waals surface area (Å²) in [7, 11) is -2.63. The first kappa shape index (κ1) is 22.2. The largest absolute Gasteiger partial charge is 0.416 e. The lowest BCUT2D eigenvalue weighted by Crippen LogP contribution is -2.34. The second-order valence-corrected chi connectivity index (χ2v) is 7.59. The molecule has 23 heavy (non-hydrogen) atoms. The maximum Gasteiger partial charge on any atom is 0.416 e. The van der Waals surface area contributed by atoms with Crippen LogP contribution in [0.25, 0.3) is 0 Å². The molecule has 1 atom stereocenters. The third kappa shape index (κ3) is 5.95. The zero-order valence-electron chi connectivity index (χ0n) is 13.2. The molecule has 0 spiro atoms. The summed E-state index contributed by atoms with van der Waals surface area (Å²) in [6.07, 6.45) is -4.14. The number of hydrogen-bond donors (Lipinski definition) is 1. The van der Waals surface area contributed by atoms with Crippen molar-refractivity contribution in [2.24, 2.45) is 11.7 Å². The molecule has 0 saturated heterocycles. The first-order valence-corrected chi connectivity index (χ1v) is 8.29. The van der Waals surface area contributed by atoms with Crippen LogP contribution in [0.4, 0.5) is 13.2 Å². The molecule has 0 radical (unpaired) electrons. The number of sulfonamides is 1. The summed E-state index contributed by atoms with van der Waals surface area (Å²) in [4.78, 5) is -0.372. The van der Waals surface area contributed by atoms with E-state index in [9.17, 15) is 21.6 Å². The van der Waals surface area contributed by atoms with Crippen molar-refractivity contribution in [3.05, 3.63) is 29.8 Å². The highest BCUT2D eigenvalue weighted by Gasteiger charge is 2.32. The molecule has 0 aliphatic carbocycles. The van der Waals surface area contributed by atoms with Crippen molar-refractivity contribution in [2.45, 2.75) is 37.4 Å². The topological polar surface area (TPSA) is 63.4 Å². The number of halogens is 4. The number of alkyl halides is 3. The third-order valence-electron chi connectivity index (χ3n) is 3.50. The standard InChI is InChI=1S/C14H21F3N2O2S.ClH/c1-10(2)13(18)7-8-19(3)22(20,21)12-6-4-5-11(9-12)14(15,16)17;/h4-6,9-10,13H,7-8,18H2,1-3H3;1H. The number of nitrogens with two attached hydrogens (primary N) is 1. The van der Waals surface area contributed by atoms with Crippen LogP contribution in [0.2, 0.25) is 0 Å². The lowest BCUT2D eigenvalue weighted by molar-refractivity contribution is -0.137. The Morgan fingerprint density at radius 3 is 2.30 bits per heavy atom. The minimum absolute atomic E-state index is 0. The van der Waals surface area contributed by atoms with Gasteiger partial charge in [-0.2, -0.15) is 13.2 Å². The predicted octanol–water partition coefficient (Wildman–Crippen LogP) is 3.12. The summed E-state index contributed by atoms with van der Waals surface area (Å²) in [6, 6.07) is 3.56. The quantitative estimate of drug-likeness (QED) is 0.832. The molecule has 9 heteroatoms. The lowest BCUT2D eigenvalue weighted by Gasteiger charge is -2.21. The molecule has 0 fully saturated rings. The van der Waals surface area contributed by atoms with E-state index in [1.807, 2.05) is 13.8 Å². The maximum atomic E-state index is 12.7. The zero-order chi connectivity index (χ0) is 17.1. The number of benzene rings is 1. The molecule has 0 amide bonds. The van der Waals surface area contributed by atoms with Gasteiger partial charge >= 0.3 is 6.18 Å². The fraction of sp³-hybridized carbons (Fsp3) is 0.571. The highest BCUT2D eigenvalue weighted by atomic mass is 35.5. The van der Waals surface area contributed by atoms with Crippen molar-refractivity contribution >= 4 is 22.4 Å². The number of rotatable bonds is 6. The molecule has 0 saturated carbocycles. The molecule has 1 rings (SSSR count). The fourth-order valence-electron chi connectivity index (χ4n) is 1.80. The summed E-state index contributed by atoms with van der Waals surface area (Å²) < 4.78 is 63.7. The van der Waals surface area contributed by atoms with Crippen molar-refractivity contribution < 1.29 is 21.6 Å². The average molecular weight is 375 g/mol. The molecule has 4 nitrogen and oxygen atoms in total.